The second-order valence-corrected chi connectivity index (χ2v) is 9.57. The molecule has 0 saturated heterocycles. The van der Waals surface area contributed by atoms with E-state index in [4.69, 9.17) is 0 Å². The second-order valence-electron chi connectivity index (χ2n) is 9.57. The van der Waals surface area contributed by atoms with E-state index >= 15 is 0 Å². The van der Waals surface area contributed by atoms with Gasteiger partial charge in [0.25, 0.3) is 35.4 Å². The molecule has 46 heavy (non-hydrogen) atoms. The van der Waals surface area contributed by atoms with Gasteiger partial charge < -0.3 is 31.9 Å². The Hall–Kier alpha value is -5.77. The minimum absolute atomic E-state index is 0.0742. The standard InChI is InChI=1S/C30H36N10O6/c1-31-25(41)19-7-4-10-22(37-19)28(44)34-13-16-40(17-14-35-29(45)23-11-5-8-20(38-23)26(42)32-2)18-15-36-30(46)24-12-6-9-21(39-24)27(43)33-3/h4-12H,13-18H2,1-3H3,(H,31,41)(H,32,42)(H,33,43)(H,34,44)(H,35,45)(H,36,46). The molecule has 0 bridgehead atoms. The van der Waals surface area contributed by atoms with E-state index in [1.54, 1.807) is 18.2 Å². The molecule has 0 atom stereocenters. The van der Waals surface area contributed by atoms with Gasteiger partial charge in [0, 0.05) is 60.4 Å². The first-order valence-corrected chi connectivity index (χ1v) is 14.3. The molecule has 0 aromatic carbocycles. The molecule has 3 heterocycles. The molecular formula is C30H36N10O6. The minimum atomic E-state index is -0.476. The first-order chi connectivity index (χ1) is 22.2. The smallest absolute Gasteiger partial charge is 0.269 e. The molecule has 0 spiro atoms. The molecule has 0 radical (unpaired) electrons. The van der Waals surface area contributed by atoms with Crippen molar-refractivity contribution in [1.29, 1.82) is 0 Å². The SMILES string of the molecule is CNC(=O)c1cccc(C(=O)NCCN(CCNC(=O)c2cccc(C(=O)NC)n2)CCNC(=O)c2cccc(C(=O)NC)n2)n1. The average molecular weight is 633 g/mol. The van der Waals surface area contributed by atoms with Crippen LogP contribution in [0.1, 0.15) is 62.9 Å². The van der Waals surface area contributed by atoms with E-state index in [0.717, 1.165) is 0 Å². The number of pyridine rings is 3. The highest BCUT2D eigenvalue weighted by Crippen LogP contribution is 2.02. The predicted octanol–water partition coefficient (Wildman–Crippen LogP) is -1.16. The molecule has 0 aliphatic carbocycles. The zero-order chi connectivity index (χ0) is 33.5. The largest absolute Gasteiger partial charge is 0.354 e. The Labute approximate surface area is 265 Å². The number of rotatable bonds is 15. The molecule has 3 aromatic heterocycles. The zero-order valence-corrected chi connectivity index (χ0v) is 25.7. The van der Waals surface area contributed by atoms with Gasteiger partial charge in [-0.25, -0.2) is 15.0 Å². The van der Waals surface area contributed by atoms with Crippen molar-refractivity contribution in [2.75, 3.05) is 60.4 Å². The van der Waals surface area contributed by atoms with Crippen LogP contribution in [-0.4, -0.2) is 116 Å². The Balaban J connectivity index is 1.60. The predicted molar refractivity (Wildman–Crippen MR) is 166 cm³/mol. The van der Waals surface area contributed by atoms with Crippen molar-refractivity contribution < 1.29 is 28.8 Å². The van der Waals surface area contributed by atoms with Gasteiger partial charge in [-0.2, -0.15) is 0 Å². The van der Waals surface area contributed by atoms with E-state index in [9.17, 15) is 28.8 Å². The summed E-state index contributed by atoms with van der Waals surface area (Å²) in [5.74, 6) is -2.69. The summed E-state index contributed by atoms with van der Waals surface area (Å²) in [6, 6.07) is 13.6. The van der Waals surface area contributed by atoms with Gasteiger partial charge in [0.15, 0.2) is 0 Å². The lowest BCUT2D eigenvalue weighted by Crippen LogP contribution is -2.43. The quantitative estimate of drug-likeness (QED) is 0.118. The maximum Gasteiger partial charge on any atom is 0.269 e. The van der Waals surface area contributed by atoms with Crippen LogP contribution >= 0.6 is 0 Å². The summed E-state index contributed by atoms with van der Waals surface area (Å²) >= 11 is 0. The number of carbonyl (C=O) groups excluding carboxylic acids is 6. The van der Waals surface area contributed by atoms with E-state index in [1.165, 1.54) is 57.5 Å². The van der Waals surface area contributed by atoms with Crippen molar-refractivity contribution in [3.8, 4) is 0 Å². The Morgan fingerprint density at radius 3 is 0.935 bits per heavy atom. The maximum absolute atomic E-state index is 12.7. The van der Waals surface area contributed by atoms with Crippen molar-refractivity contribution >= 4 is 35.4 Å². The number of aromatic nitrogens is 3. The summed E-state index contributed by atoms with van der Waals surface area (Å²) in [4.78, 5) is 87.9. The summed E-state index contributed by atoms with van der Waals surface area (Å²) < 4.78 is 0. The number of nitrogens with zero attached hydrogens (tertiary/aromatic N) is 4. The van der Waals surface area contributed by atoms with Crippen molar-refractivity contribution in [3.05, 3.63) is 88.8 Å². The Morgan fingerprint density at radius 1 is 0.457 bits per heavy atom. The number of amides is 6. The summed E-state index contributed by atoms with van der Waals surface area (Å²) in [5.41, 5.74) is 0.539. The normalized spacial score (nSPS) is 10.4. The van der Waals surface area contributed by atoms with E-state index in [-0.39, 0.29) is 53.8 Å². The van der Waals surface area contributed by atoms with Gasteiger partial charge in [-0.3, -0.25) is 33.7 Å². The van der Waals surface area contributed by atoms with Gasteiger partial charge in [0.1, 0.15) is 34.2 Å². The minimum Gasteiger partial charge on any atom is -0.354 e. The van der Waals surface area contributed by atoms with Gasteiger partial charge in [0.05, 0.1) is 0 Å². The Morgan fingerprint density at radius 2 is 0.696 bits per heavy atom. The molecule has 0 aliphatic heterocycles. The van der Waals surface area contributed by atoms with E-state index < -0.39 is 35.4 Å². The number of nitrogens with one attached hydrogen (secondary N) is 6. The van der Waals surface area contributed by atoms with E-state index in [0.29, 0.717) is 19.6 Å². The van der Waals surface area contributed by atoms with Crippen LogP contribution in [0.5, 0.6) is 0 Å². The molecule has 242 valence electrons. The lowest BCUT2D eigenvalue weighted by Gasteiger charge is -2.23. The van der Waals surface area contributed by atoms with E-state index in [2.05, 4.69) is 46.9 Å². The lowest BCUT2D eigenvalue weighted by atomic mass is 10.2. The molecular weight excluding hydrogens is 596 g/mol. The third-order valence-electron chi connectivity index (χ3n) is 6.47. The molecule has 3 rings (SSSR count). The Bertz CT molecular complexity index is 1400. The molecule has 6 N–H and O–H groups in total. The average Bonchev–Trinajstić information content (AvgIpc) is 3.10. The topological polar surface area (TPSA) is 217 Å². The van der Waals surface area contributed by atoms with Crippen LogP contribution in [0.25, 0.3) is 0 Å². The summed E-state index contributed by atoms with van der Waals surface area (Å²) in [5, 5.41) is 15.7. The summed E-state index contributed by atoms with van der Waals surface area (Å²) in [7, 11) is 4.40. The number of hydrogen-bond donors (Lipinski definition) is 6. The monoisotopic (exact) mass is 632 g/mol. The van der Waals surface area contributed by atoms with Crippen LogP contribution in [-0.2, 0) is 0 Å². The molecule has 16 nitrogen and oxygen atoms in total. The zero-order valence-electron chi connectivity index (χ0n) is 25.7. The fraction of sp³-hybridized carbons (Fsp3) is 0.300. The molecule has 0 unspecified atom stereocenters. The van der Waals surface area contributed by atoms with Crippen molar-refractivity contribution in [1.82, 2.24) is 51.8 Å². The van der Waals surface area contributed by atoms with E-state index in [1.807, 2.05) is 4.90 Å². The molecule has 0 fully saturated rings. The van der Waals surface area contributed by atoms with Crippen LogP contribution in [0.15, 0.2) is 54.6 Å². The first kappa shape index (κ1) is 34.7. The van der Waals surface area contributed by atoms with Gasteiger partial charge in [-0.05, 0) is 36.4 Å². The van der Waals surface area contributed by atoms with Crippen LogP contribution < -0.4 is 31.9 Å². The number of carbonyl (C=O) groups is 6. The van der Waals surface area contributed by atoms with Gasteiger partial charge in [-0.15, -0.1) is 0 Å². The molecule has 16 heteroatoms. The van der Waals surface area contributed by atoms with Crippen LogP contribution in [0.2, 0.25) is 0 Å². The maximum atomic E-state index is 12.7. The van der Waals surface area contributed by atoms with Crippen molar-refractivity contribution in [2.45, 2.75) is 0 Å². The fourth-order valence-electron chi connectivity index (χ4n) is 4.04. The van der Waals surface area contributed by atoms with Gasteiger partial charge in [-0.1, -0.05) is 18.2 Å². The highest BCUT2D eigenvalue weighted by molar-refractivity contribution is 5.97. The van der Waals surface area contributed by atoms with Crippen molar-refractivity contribution in [2.24, 2.45) is 0 Å². The van der Waals surface area contributed by atoms with Crippen LogP contribution in [0.3, 0.4) is 0 Å². The molecule has 0 saturated carbocycles. The van der Waals surface area contributed by atoms with Crippen molar-refractivity contribution in [3.63, 3.8) is 0 Å². The first-order valence-electron chi connectivity index (χ1n) is 14.3. The fourth-order valence-corrected chi connectivity index (χ4v) is 4.04. The lowest BCUT2D eigenvalue weighted by molar-refractivity contribution is 0.0934. The third kappa shape index (κ3) is 10.2. The summed E-state index contributed by atoms with van der Waals surface area (Å²) in [6.45, 7) is 1.58. The summed E-state index contributed by atoms with van der Waals surface area (Å²) in [6.07, 6.45) is 0. The van der Waals surface area contributed by atoms with Gasteiger partial charge in [0.2, 0.25) is 0 Å². The van der Waals surface area contributed by atoms with Crippen LogP contribution in [0, 0.1) is 0 Å². The molecule has 3 aromatic rings. The van der Waals surface area contributed by atoms with Gasteiger partial charge >= 0.3 is 0 Å². The highest BCUT2D eigenvalue weighted by Gasteiger charge is 2.15. The Kier molecular flexibility index (Phi) is 13.2. The number of hydrogen-bond acceptors (Lipinski definition) is 10. The molecule has 0 aliphatic rings. The molecule has 6 amide bonds. The second kappa shape index (κ2) is 17.5. The third-order valence-corrected chi connectivity index (χ3v) is 6.47. The van der Waals surface area contributed by atoms with Crippen LogP contribution in [0.4, 0.5) is 0 Å². The highest BCUT2D eigenvalue weighted by atomic mass is 16.2.